The zero-order valence-corrected chi connectivity index (χ0v) is 8.45. The minimum Gasteiger partial charge on any atom is -0.172 e. The molecular formula is C10H20S. The van der Waals surface area contributed by atoms with Crippen molar-refractivity contribution in [2.45, 2.75) is 50.7 Å². The highest BCUT2D eigenvalue weighted by atomic mass is 32.1. The smallest absolute Gasteiger partial charge is 0.0194 e. The second kappa shape index (κ2) is 8.19. The molecule has 0 heterocycles. The van der Waals surface area contributed by atoms with Gasteiger partial charge >= 0.3 is 0 Å². The molecule has 0 spiro atoms. The van der Waals surface area contributed by atoms with Gasteiger partial charge in [-0.2, -0.15) is 12.6 Å². The van der Waals surface area contributed by atoms with E-state index in [4.69, 9.17) is 0 Å². The Hall–Kier alpha value is 0.0900. The average molecular weight is 172 g/mol. The topological polar surface area (TPSA) is 0 Å². The Morgan fingerprint density at radius 1 is 1.27 bits per heavy atom. The van der Waals surface area contributed by atoms with Gasteiger partial charge in [-0.1, -0.05) is 45.1 Å². The normalized spacial score (nSPS) is 12.9. The van der Waals surface area contributed by atoms with Crippen LogP contribution in [-0.2, 0) is 0 Å². The van der Waals surface area contributed by atoms with Gasteiger partial charge in [0.05, 0.1) is 0 Å². The van der Waals surface area contributed by atoms with E-state index in [0.717, 1.165) is 0 Å². The second-order valence-electron chi connectivity index (χ2n) is 3.01. The third-order valence-corrected chi connectivity index (χ3v) is 2.34. The van der Waals surface area contributed by atoms with Gasteiger partial charge in [-0.25, -0.2) is 0 Å². The van der Waals surface area contributed by atoms with Gasteiger partial charge in [0.2, 0.25) is 0 Å². The molecule has 0 aromatic carbocycles. The van der Waals surface area contributed by atoms with Crippen LogP contribution in [0.2, 0.25) is 0 Å². The van der Waals surface area contributed by atoms with Gasteiger partial charge in [-0.05, 0) is 6.42 Å². The fourth-order valence-electron chi connectivity index (χ4n) is 1.07. The zero-order chi connectivity index (χ0) is 8.53. The third-order valence-electron chi connectivity index (χ3n) is 1.88. The van der Waals surface area contributed by atoms with Crippen LogP contribution in [-0.4, -0.2) is 5.25 Å². The summed E-state index contributed by atoms with van der Waals surface area (Å²) in [4.78, 5) is 0. The fourth-order valence-corrected chi connectivity index (χ4v) is 1.26. The summed E-state index contributed by atoms with van der Waals surface area (Å²) >= 11 is 4.34. The number of hydrogen-bond acceptors (Lipinski definition) is 1. The molecule has 0 saturated carbocycles. The minimum atomic E-state index is 0.414. The largest absolute Gasteiger partial charge is 0.172 e. The van der Waals surface area contributed by atoms with E-state index in [1.54, 1.807) is 0 Å². The van der Waals surface area contributed by atoms with Crippen LogP contribution in [0.4, 0.5) is 0 Å². The van der Waals surface area contributed by atoms with Crippen molar-refractivity contribution in [3.05, 3.63) is 12.7 Å². The molecule has 0 bridgehead atoms. The van der Waals surface area contributed by atoms with E-state index in [-0.39, 0.29) is 0 Å². The first-order valence-electron chi connectivity index (χ1n) is 4.62. The SMILES string of the molecule is C=CC(S)CCCCCCC. The highest BCUT2D eigenvalue weighted by Gasteiger charge is 1.95. The molecule has 11 heavy (non-hydrogen) atoms. The van der Waals surface area contributed by atoms with Gasteiger partial charge < -0.3 is 0 Å². The van der Waals surface area contributed by atoms with Gasteiger partial charge in [0.1, 0.15) is 0 Å². The zero-order valence-electron chi connectivity index (χ0n) is 7.55. The molecule has 0 N–H and O–H groups in total. The molecule has 0 amide bonds. The van der Waals surface area contributed by atoms with E-state index in [1.165, 1.54) is 38.5 Å². The number of thiol groups is 1. The van der Waals surface area contributed by atoms with Gasteiger partial charge in [0, 0.05) is 5.25 Å². The highest BCUT2D eigenvalue weighted by molar-refractivity contribution is 7.81. The van der Waals surface area contributed by atoms with Gasteiger partial charge in [-0.15, -0.1) is 6.58 Å². The van der Waals surface area contributed by atoms with Crippen molar-refractivity contribution in [1.82, 2.24) is 0 Å². The third kappa shape index (κ3) is 7.99. The highest BCUT2D eigenvalue weighted by Crippen LogP contribution is 2.10. The Kier molecular flexibility index (Phi) is 8.26. The lowest BCUT2D eigenvalue weighted by atomic mass is 10.1. The van der Waals surface area contributed by atoms with E-state index < -0.39 is 0 Å². The molecule has 66 valence electrons. The van der Waals surface area contributed by atoms with Crippen LogP contribution in [0.5, 0.6) is 0 Å². The van der Waals surface area contributed by atoms with Crippen molar-refractivity contribution in [1.29, 1.82) is 0 Å². The summed E-state index contributed by atoms with van der Waals surface area (Å²) in [6.45, 7) is 5.94. The maximum Gasteiger partial charge on any atom is 0.0194 e. The number of rotatable bonds is 7. The molecular weight excluding hydrogens is 152 g/mol. The molecule has 0 nitrogen and oxygen atoms in total. The first-order valence-corrected chi connectivity index (χ1v) is 5.13. The molecule has 0 saturated heterocycles. The Bertz CT molecular complexity index is 88.9. The van der Waals surface area contributed by atoms with Crippen molar-refractivity contribution >= 4 is 12.6 Å². The summed E-state index contributed by atoms with van der Waals surface area (Å²) < 4.78 is 0. The van der Waals surface area contributed by atoms with Crippen LogP contribution < -0.4 is 0 Å². The van der Waals surface area contributed by atoms with Crippen molar-refractivity contribution in [2.75, 3.05) is 0 Å². The lowest BCUT2D eigenvalue weighted by molar-refractivity contribution is 0.615. The summed E-state index contributed by atoms with van der Waals surface area (Å²) in [5.41, 5.74) is 0. The van der Waals surface area contributed by atoms with E-state index in [2.05, 4.69) is 26.1 Å². The van der Waals surface area contributed by atoms with Crippen LogP contribution in [0.15, 0.2) is 12.7 Å². The lowest BCUT2D eigenvalue weighted by Gasteiger charge is -2.03. The Morgan fingerprint density at radius 2 is 1.91 bits per heavy atom. The molecule has 0 aliphatic carbocycles. The lowest BCUT2D eigenvalue weighted by Crippen LogP contribution is -1.91. The first-order chi connectivity index (χ1) is 5.31. The van der Waals surface area contributed by atoms with Crippen molar-refractivity contribution < 1.29 is 0 Å². The first kappa shape index (κ1) is 11.1. The van der Waals surface area contributed by atoms with Gasteiger partial charge in [0.15, 0.2) is 0 Å². The molecule has 0 aromatic rings. The van der Waals surface area contributed by atoms with Gasteiger partial charge in [-0.3, -0.25) is 0 Å². The standard InChI is InChI=1S/C10H20S/c1-3-5-6-7-8-9-10(11)4-2/h4,10-11H,2-3,5-9H2,1H3. The predicted octanol–water partition coefficient (Wildman–Crippen LogP) is 3.83. The monoisotopic (exact) mass is 172 g/mol. The number of hydrogen-bond donors (Lipinski definition) is 1. The molecule has 0 aliphatic heterocycles. The molecule has 1 unspecified atom stereocenters. The van der Waals surface area contributed by atoms with Crippen LogP contribution in [0.1, 0.15) is 45.4 Å². The molecule has 0 fully saturated rings. The molecule has 1 atom stereocenters. The van der Waals surface area contributed by atoms with Crippen LogP contribution in [0, 0.1) is 0 Å². The van der Waals surface area contributed by atoms with Crippen molar-refractivity contribution in [3.8, 4) is 0 Å². The Balaban J connectivity index is 2.95. The summed E-state index contributed by atoms with van der Waals surface area (Å²) in [6.07, 6.45) is 9.86. The quantitative estimate of drug-likeness (QED) is 0.337. The molecule has 0 radical (unpaired) electrons. The maximum atomic E-state index is 4.34. The van der Waals surface area contributed by atoms with Crippen LogP contribution in [0.3, 0.4) is 0 Å². The van der Waals surface area contributed by atoms with Crippen LogP contribution in [0.25, 0.3) is 0 Å². The molecule has 0 aliphatic rings. The van der Waals surface area contributed by atoms with Crippen molar-refractivity contribution in [3.63, 3.8) is 0 Å². The Labute approximate surface area is 76.5 Å². The van der Waals surface area contributed by atoms with E-state index in [9.17, 15) is 0 Å². The average Bonchev–Trinajstić information content (AvgIpc) is 2.04. The van der Waals surface area contributed by atoms with Crippen molar-refractivity contribution in [2.24, 2.45) is 0 Å². The summed E-state index contributed by atoms with van der Waals surface area (Å²) in [5, 5.41) is 0.414. The summed E-state index contributed by atoms with van der Waals surface area (Å²) in [7, 11) is 0. The van der Waals surface area contributed by atoms with E-state index in [0.29, 0.717) is 5.25 Å². The van der Waals surface area contributed by atoms with Gasteiger partial charge in [0.25, 0.3) is 0 Å². The molecule has 1 heteroatoms. The summed E-state index contributed by atoms with van der Waals surface area (Å²) in [6, 6.07) is 0. The number of unbranched alkanes of at least 4 members (excludes halogenated alkanes) is 4. The predicted molar refractivity (Wildman–Crippen MR) is 56.3 cm³/mol. The molecule has 0 aromatic heterocycles. The fraction of sp³-hybridized carbons (Fsp3) is 0.800. The van der Waals surface area contributed by atoms with E-state index >= 15 is 0 Å². The summed E-state index contributed by atoms with van der Waals surface area (Å²) in [5.74, 6) is 0. The second-order valence-corrected chi connectivity index (χ2v) is 3.67. The van der Waals surface area contributed by atoms with Crippen LogP contribution >= 0.6 is 12.6 Å². The Morgan fingerprint density at radius 3 is 2.45 bits per heavy atom. The van der Waals surface area contributed by atoms with E-state index in [1.807, 2.05) is 6.08 Å². The minimum absolute atomic E-state index is 0.414. The maximum absolute atomic E-state index is 4.34. The molecule has 0 rings (SSSR count).